The van der Waals surface area contributed by atoms with Gasteiger partial charge in [0.2, 0.25) is 0 Å². The van der Waals surface area contributed by atoms with Crippen LogP contribution in [0.1, 0.15) is 34.3 Å². The van der Waals surface area contributed by atoms with Gasteiger partial charge >= 0.3 is 24.0 Å². The highest BCUT2D eigenvalue weighted by molar-refractivity contribution is 5.91. The van der Waals surface area contributed by atoms with E-state index >= 15 is 0 Å². The van der Waals surface area contributed by atoms with Crippen molar-refractivity contribution in [3.05, 3.63) is 110 Å². The lowest BCUT2D eigenvalue weighted by atomic mass is 10.1. The fourth-order valence-electron chi connectivity index (χ4n) is 3.65. The number of nitro groups is 2. The maximum absolute atomic E-state index is 12.9. The molecule has 0 heterocycles. The highest BCUT2D eigenvalue weighted by atomic mass is 19.4. The summed E-state index contributed by atoms with van der Waals surface area (Å²) < 4.78 is 77.9. The van der Waals surface area contributed by atoms with Crippen molar-refractivity contribution in [2.24, 2.45) is 0 Å². The molecule has 16 heteroatoms. The number of halogens is 5. The average Bonchev–Trinajstić information content (AvgIpc) is 2.98. The van der Waals surface area contributed by atoms with Crippen LogP contribution in [0.3, 0.4) is 0 Å². The molecule has 0 atom stereocenters. The lowest BCUT2D eigenvalue weighted by Gasteiger charge is -2.19. The van der Waals surface area contributed by atoms with E-state index in [9.17, 15) is 51.8 Å². The second-order valence-corrected chi connectivity index (χ2v) is 9.22. The Hall–Kier alpha value is -5.41. The van der Waals surface area contributed by atoms with E-state index < -0.39 is 58.1 Å². The van der Waals surface area contributed by atoms with Gasteiger partial charge < -0.3 is 14.2 Å². The first-order valence-electron chi connectivity index (χ1n) is 12.9. The fourth-order valence-corrected chi connectivity index (χ4v) is 3.65. The molecule has 238 valence electrons. The maximum atomic E-state index is 12.9. The highest BCUT2D eigenvalue weighted by Gasteiger charge is 2.56. The number of hydrogen-bond donors (Lipinski definition) is 0. The summed E-state index contributed by atoms with van der Waals surface area (Å²) in [7, 11) is 0. The maximum Gasteiger partial charge on any atom is 0.453 e. The number of hydrogen-bond acceptors (Lipinski definition) is 9. The molecule has 0 spiro atoms. The molecular formula is C29H23F5N2O9. The number of nitro benzene ring substituents is 2. The van der Waals surface area contributed by atoms with E-state index in [-0.39, 0.29) is 42.3 Å². The van der Waals surface area contributed by atoms with Crippen molar-refractivity contribution in [3.63, 3.8) is 0 Å². The van der Waals surface area contributed by atoms with E-state index in [1.807, 2.05) is 0 Å². The van der Waals surface area contributed by atoms with Gasteiger partial charge in [-0.15, -0.1) is 0 Å². The van der Waals surface area contributed by atoms with Gasteiger partial charge in [0.25, 0.3) is 11.4 Å². The van der Waals surface area contributed by atoms with Gasteiger partial charge in [-0.1, -0.05) is 12.1 Å². The van der Waals surface area contributed by atoms with Crippen LogP contribution in [0.25, 0.3) is 6.08 Å². The topological polar surface area (TPSA) is 148 Å². The number of ether oxygens (including phenoxy) is 3. The van der Waals surface area contributed by atoms with E-state index in [2.05, 4.69) is 0 Å². The molecule has 0 aromatic heterocycles. The van der Waals surface area contributed by atoms with Crippen molar-refractivity contribution < 1.29 is 55.6 Å². The van der Waals surface area contributed by atoms with Gasteiger partial charge in [-0.2, -0.15) is 22.0 Å². The van der Waals surface area contributed by atoms with Crippen LogP contribution >= 0.6 is 0 Å². The number of benzene rings is 3. The number of esters is 2. The van der Waals surface area contributed by atoms with Crippen LogP contribution in [-0.2, 0) is 16.0 Å². The molecule has 0 saturated carbocycles. The summed E-state index contributed by atoms with van der Waals surface area (Å²) in [5.41, 5.74) is -0.101. The Bertz CT molecular complexity index is 1560. The van der Waals surface area contributed by atoms with Crippen LogP contribution in [0.5, 0.6) is 11.5 Å². The summed E-state index contributed by atoms with van der Waals surface area (Å²) in [5.74, 6) is -5.98. The lowest BCUT2D eigenvalue weighted by Crippen LogP contribution is -2.36. The number of carbonyl (C=O) groups excluding carboxylic acids is 2. The van der Waals surface area contributed by atoms with Gasteiger partial charge in [0, 0.05) is 30.5 Å². The van der Waals surface area contributed by atoms with Gasteiger partial charge in [0.1, 0.15) is 11.5 Å². The second-order valence-electron chi connectivity index (χ2n) is 9.22. The third-order valence-corrected chi connectivity index (χ3v) is 6.00. The molecular weight excluding hydrogens is 615 g/mol. The molecule has 11 nitrogen and oxygen atoms in total. The van der Waals surface area contributed by atoms with Gasteiger partial charge in [-0.3, -0.25) is 20.2 Å². The standard InChI is InChI=1S/C29H23F5N2O9/c30-28(31,29(32,33)34)15-1-16-43-23-11-6-21(7-12-23)27(38)45-24-9-2-19(3-10-24)4-13-26(37)44-17-14-20-5-8-22(35(39)40)18-25(20)36(41)42/h2-13,18H,1,14-17H2. The summed E-state index contributed by atoms with van der Waals surface area (Å²) in [6.07, 6.45) is -5.11. The Morgan fingerprint density at radius 1 is 0.822 bits per heavy atom. The van der Waals surface area contributed by atoms with Gasteiger partial charge in [-0.05, 0) is 60.5 Å². The molecule has 0 fully saturated rings. The smallest absolute Gasteiger partial charge is 0.453 e. The molecule has 3 aromatic carbocycles. The Morgan fingerprint density at radius 3 is 2.07 bits per heavy atom. The minimum absolute atomic E-state index is 0.0451. The van der Waals surface area contributed by atoms with Crippen molar-refractivity contribution in [2.75, 3.05) is 13.2 Å². The van der Waals surface area contributed by atoms with Crippen LogP contribution < -0.4 is 9.47 Å². The quantitative estimate of drug-likeness (QED) is 0.0350. The number of rotatable bonds is 14. The molecule has 0 bridgehead atoms. The van der Waals surface area contributed by atoms with E-state index in [1.165, 1.54) is 60.7 Å². The zero-order chi connectivity index (χ0) is 33.2. The highest BCUT2D eigenvalue weighted by Crippen LogP contribution is 2.38. The van der Waals surface area contributed by atoms with Crippen LogP contribution in [0, 0.1) is 20.2 Å². The molecule has 45 heavy (non-hydrogen) atoms. The van der Waals surface area contributed by atoms with Crippen LogP contribution in [-0.4, -0.2) is 47.1 Å². The fraction of sp³-hybridized carbons (Fsp3) is 0.241. The molecule has 0 unspecified atom stereocenters. The first-order chi connectivity index (χ1) is 21.2. The number of nitrogens with zero attached hydrogens (tertiary/aromatic N) is 2. The third kappa shape index (κ3) is 10.1. The van der Waals surface area contributed by atoms with Crippen LogP contribution in [0.4, 0.5) is 33.3 Å². The van der Waals surface area contributed by atoms with E-state index in [0.29, 0.717) is 5.56 Å². The van der Waals surface area contributed by atoms with E-state index in [1.54, 1.807) is 0 Å². The van der Waals surface area contributed by atoms with E-state index in [4.69, 9.17) is 14.2 Å². The SMILES string of the molecule is O=C(C=Cc1ccc(OC(=O)c2ccc(OCCCC(F)(F)C(F)(F)F)cc2)cc1)OCCc1ccc([N+](=O)[O-])cc1[N+](=O)[O-]. The molecule has 0 aliphatic carbocycles. The molecule has 3 rings (SSSR count). The largest absolute Gasteiger partial charge is 0.494 e. The zero-order valence-corrected chi connectivity index (χ0v) is 23.0. The normalized spacial score (nSPS) is 11.7. The van der Waals surface area contributed by atoms with Crippen molar-refractivity contribution in [1.82, 2.24) is 0 Å². The summed E-state index contributed by atoms with van der Waals surface area (Å²) in [6.45, 7) is -0.606. The first-order valence-corrected chi connectivity index (χ1v) is 12.9. The minimum atomic E-state index is -5.63. The van der Waals surface area contributed by atoms with Crippen molar-refractivity contribution in [2.45, 2.75) is 31.4 Å². The average molecular weight is 638 g/mol. The van der Waals surface area contributed by atoms with Gasteiger partial charge in [-0.25, -0.2) is 9.59 Å². The predicted octanol–water partition coefficient (Wildman–Crippen LogP) is 6.88. The molecule has 0 saturated heterocycles. The minimum Gasteiger partial charge on any atom is -0.494 e. The molecule has 0 amide bonds. The zero-order valence-electron chi connectivity index (χ0n) is 23.0. The van der Waals surface area contributed by atoms with Crippen LogP contribution in [0.15, 0.2) is 72.8 Å². The van der Waals surface area contributed by atoms with Gasteiger partial charge in [0.05, 0.1) is 34.7 Å². The number of alkyl halides is 5. The summed E-state index contributed by atoms with van der Waals surface area (Å²) in [4.78, 5) is 44.9. The Kier molecular flexibility index (Phi) is 11.3. The molecule has 0 aliphatic heterocycles. The van der Waals surface area contributed by atoms with Gasteiger partial charge in [0.15, 0.2) is 0 Å². The van der Waals surface area contributed by atoms with Crippen molar-refractivity contribution in [1.29, 1.82) is 0 Å². The molecule has 0 aliphatic rings. The Labute approximate surface area is 251 Å². The molecule has 3 aromatic rings. The monoisotopic (exact) mass is 638 g/mol. The Morgan fingerprint density at radius 2 is 1.47 bits per heavy atom. The number of non-ortho nitro benzene ring substituents is 1. The number of carbonyl (C=O) groups is 2. The Balaban J connectivity index is 1.44. The lowest BCUT2D eigenvalue weighted by molar-refractivity contribution is -0.394. The first kappa shape index (κ1) is 34.1. The van der Waals surface area contributed by atoms with Crippen molar-refractivity contribution >= 4 is 29.4 Å². The predicted molar refractivity (Wildman–Crippen MR) is 147 cm³/mol. The van der Waals surface area contributed by atoms with E-state index in [0.717, 1.165) is 18.2 Å². The molecule has 0 radical (unpaired) electrons. The summed E-state index contributed by atoms with van der Waals surface area (Å²) in [6, 6.07) is 14.4. The summed E-state index contributed by atoms with van der Waals surface area (Å²) >= 11 is 0. The molecule has 0 N–H and O–H groups in total. The summed E-state index contributed by atoms with van der Waals surface area (Å²) in [5, 5.41) is 22.0. The van der Waals surface area contributed by atoms with Crippen molar-refractivity contribution in [3.8, 4) is 11.5 Å². The third-order valence-electron chi connectivity index (χ3n) is 6.00. The van der Waals surface area contributed by atoms with Crippen LogP contribution in [0.2, 0.25) is 0 Å². The second kappa shape index (κ2) is 14.9.